The smallest absolute Gasteiger partial charge is 0.161 e. The minimum Gasteiger partial charge on any atom is -0.318 e. The van der Waals surface area contributed by atoms with Gasteiger partial charge in [-0.1, -0.05) is 61.5 Å². The maximum atomic E-state index is 5.51. The summed E-state index contributed by atoms with van der Waals surface area (Å²) in [6.45, 7) is 3.02. The molecule has 1 heterocycles. The minimum absolute atomic E-state index is 0.834. The molecule has 1 aromatic heterocycles. The van der Waals surface area contributed by atoms with Gasteiger partial charge in [0.05, 0.1) is 5.69 Å². The van der Waals surface area contributed by atoms with Gasteiger partial charge in [0.15, 0.2) is 3.95 Å². The van der Waals surface area contributed by atoms with Gasteiger partial charge in [0, 0.05) is 11.9 Å². The molecule has 0 radical (unpaired) electrons. The Balaban J connectivity index is 1.99. The lowest BCUT2D eigenvalue weighted by molar-refractivity contribution is 0.807. The summed E-state index contributed by atoms with van der Waals surface area (Å²) in [6, 6.07) is 19.2. The Labute approximate surface area is 134 Å². The zero-order valence-corrected chi connectivity index (χ0v) is 13.6. The van der Waals surface area contributed by atoms with Crippen molar-refractivity contribution in [3.63, 3.8) is 0 Å². The van der Waals surface area contributed by atoms with E-state index in [1.54, 1.807) is 11.3 Å². The fourth-order valence-corrected chi connectivity index (χ4v) is 3.52. The SMILES string of the molecule is CCc1cccc(Cn2c(-c3ccccc3)csc2=S)c1. The Kier molecular flexibility index (Phi) is 4.32. The quantitative estimate of drug-likeness (QED) is 0.571. The Morgan fingerprint density at radius 2 is 1.76 bits per heavy atom. The van der Waals surface area contributed by atoms with Gasteiger partial charge in [-0.2, -0.15) is 0 Å². The van der Waals surface area contributed by atoms with Crippen molar-refractivity contribution in [2.45, 2.75) is 19.9 Å². The number of hydrogen-bond acceptors (Lipinski definition) is 2. The first-order valence-electron chi connectivity index (χ1n) is 7.09. The van der Waals surface area contributed by atoms with Crippen molar-refractivity contribution in [2.24, 2.45) is 0 Å². The van der Waals surface area contributed by atoms with Gasteiger partial charge in [-0.3, -0.25) is 0 Å². The van der Waals surface area contributed by atoms with Gasteiger partial charge in [-0.15, -0.1) is 11.3 Å². The van der Waals surface area contributed by atoms with Crippen LogP contribution in [0.1, 0.15) is 18.1 Å². The fraction of sp³-hybridized carbons (Fsp3) is 0.167. The van der Waals surface area contributed by atoms with E-state index in [0.717, 1.165) is 16.9 Å². The van der Waals surface area contributed by atoms with E-state index < -0.39 is 0 Å². The Morgan fingerprint density at radius 1 is 1.00 bits per heavy atom. The molecule has 1 nitrogen and oxygen atoms in total. The summed E-state index contributed by atoms with van der Waals surface area (Å²) < 4.78 is 3.15. The summed E-state index contributed by atoms with van der Waals surface area (Å²) in [6.07, 6.45) is 1.06. The number of aryl methyl sites for hydroxylation is 1. The van der Waals surface area contributed by atoms with E-state index in [-0.39, 0.29) is 0 Å². The summed E-state index contributed by atoms with van der Waals surface area (Å²) in [5, 5.41) is 2.15. The van der Waals surface area contributed by atoms with Crippen LogP contribution in [-0.2, 0) is 13.0 Å². The highest BCUT2D eigenvalue weighted by Crippen LogP contribution is 2.25. The van der Waals surface area contributed by atoms with Crippen LogP contribution in [0, 0.1) is 3.95 Å². The molecule has 0 aliphatic rings. The van der Waals surface area contributed by atoms with Crippen molar-refractivity contribution in [3.8, 4) is 11.3 Å². The van der Waals surface area contributed by atoms with E-state index >= 15 is 0 Å². The van der Waals surface area contributed by atoms with Gasteiger partial charge in [-0.25, -0.2) is 0 Å². The van der Waals surface area contributed by atoms with Crippen molar-refractivity contribution >= 4 is 23.6 Å². The lowest BCUT2D eigenvalue weighted by Gasteiger charge is -2.10. The second-order valence-electron chi connectivity index (χ2n) is 5.01. The van der Waals surface area contributed by atoms with E-state index in [9.17, 15) is 0 Å². The predicted octanol–water partition coefficient (Wildman–Crippen LogP) is 5.56. The first kappa shape index (κ1) is 14.2. The summed E-state index contributed by atoms with van der Waals surface area (Å²) in [5.74, 6) is 0. The van der Waals surface area contributed by atoms with Gasteiger partial charge < -0.3 is 4.57 Å². The molecule has 3 rings (SSSR count). The molecule has 0 N–H and O–H groups in total. The van der Waals surface area contributed by atoms with Crippen molar-refractivity contribution < 1.29 is 0 Å². The summed E-state index contributed by atoms with van der Waals surface area (Å²) in [5.41, 5.74) is 5.10. The summed E-state index contributed by atoms with van der Waals surface area (Å²) in [4.78, 5) is 0. The van der Waals surface area contributed by atoms with Gasteiger partial charge >= 0.3 is 0 Å². The molecule has 3 aromatic rings. The first-order chi connectivity index (χ1) is 10.3. The summed E-state index contributed by atoms with van der Waals surface area (Å²) >= 11 is 7.15. The summed E-state index contributed by atoms with van der Waals surface area (Å²) in [7, 11) is 0. The molecule has 106 valence electrons. The maximum absolute atomic E-state index is 5.51. The highest BCUT2D eigenvalue weighted by atomic mass is 32.1. The van der Waals surface area contributed by atoms with Crippen LogP contribution in [0.15, 0.2) is 60.0 Å². The average Bonchev–Trinajstić information content (AvgIpc) is 2.89. The van der Waals surface area contributed by atoms with E-state index in [1.807, 2.05) is 6.07 Å². The van der Waals surface area contributed by atoms with Crippen LogP contribution in [0.3, 0.4) is 0 Å². The molecular weight excluding hydrogens is 294 g/mol. The van der Waals surface area contributed by atoms with Crippen LogP contribution < -0.4 is 0 Å². The third-order valence-corrected chi connectivity index (χ3v) is 4.86. The van der Waals surface area contributed by atoms with Crippen LogP contribution in [-0.4, -0.2) is 4.57 Å². The second-order valence-corrected chi connectivity index (χ2v) is 6.52. The third kappa shape index (κ3) is 3.14. The van der Waals surface area contributed by atoms with E-state index in [0.29, 0.717) is 0 Å². The first-order valence-corrected chi connectivity index (χ1v) is 8.38. The van der Waals surface area contributed by atoms with Crippen molar-refractivity contribution in [2.75, 3.05) is 0 Å². The molecule has 0 saturated carbocycles. The lowest BCUT2D eigenvalue weighted by atomic mass is 10.1. The highest BCUT2D eigenvalue weighted by molar-refractivity contribution is 7.73. The molecule has 21 heavy (non-hydrogen) atoms. The molecule has 0 amide bonds. The topological polar surface area (TPSA) is 4.93 Å². The monoisotopic (exact) mass is 311 g/mol. The van der Waals surface area contributed by atoms with Crippen LogP contribution in [0.5, 0.6) is 0 Å². The molecule has 0 unspecified atom stereocenters. The molecule has 0 spiro atoms. The normalized spacial score (nSPS) is 10.7. The Bertz CT molecular complexity index is 784. The zero-order valence-electron chi connectivity index (χ0n) is 12.0. The van der Waals surface area contributed by atoms with Gasteiger partial charge in [0.25, 0.3) is 0 Å². The molecule has 2 aromatic carbocycles. The lowest BCUT2D eigenvalue weighted by Crippen LogP contribution is -2.02. The standard InChI is InChI=1S/C18H17NS2/c1-2-14-7-6-8-15(11-14)12-19-17(13-21-18(19)20)16-9-4-3-5-10-16/h3-11,13H,2,12H2,1H3. The van der Waals surface area contributed by atoms with E-state index in [1.165, 1.54) is 22.4 Å². The molecule has 3 heteroatoms. The van der Waals surface area contributed by atoms with Crippen molar-refractivity contribution in [1.82, 2.24) is 4.57 Å². The van der Waals surface area contributed by atoms with Crippen molar-refractivity contribution in [1.29, 1.82) is 0 Å². The largest absolute Gasteiger partial charge is 0.318 e. The van der Waals surface area contributed by atoms with E-state index in [4.69, 9.17) is 12.2 Å². The number of benzene rings is 2. The maximum Gasteiger partial charge on any atom is 0.161 e. The van der Waals surface area contributed by atoms with E-state index in [2.05, 4.69) is 65.4 Å². The number of rotatable bonds is 4. The van der Waals surface area contributed by atoms with Gasteiger partial charge in [-0.05, 0) is 35.3 Å². The third-order valence-electron chi connectivity index (χ3n) is 3.59. The number of nitrogens with zero attached hydrogens (tertiary/aromatic N) is 1. The molecule has 0 bridgehead atoms. The predicted molar refractivity (Wildman–Crippen MR) is 93.5 cm³/mol. The second kappa shape index (κ2) is 6.37. The van der Waals surface area contributed by atoms with Gasteiger partial charge in [0.1, 0.15) is 0 Å². The Morgan fingerprint density at radius 3 is 2.52 bits per heavy atom. The van der Waals surface area contributed by atoms with Crippen LogP contribution >= 0.6 is 23.6 Å². The van der Waals surface area contributed by atoms with Crippen molar-refractivity contribution in [3.05, 3.63) is 75.1 Å². The number of hydrogen-bond donors (Lipinski definition) is 0. The Hall–Kier alpha value is -1.71. The molecular formula is C18H17NS2. The molecule has 0 aliphatic heterocycles. The molecule has 0 saturated heterocycles. The van der Waals surface area contributed by atoms with Crippen LogP contribution in [0.2, 0.25) is 0 Å². The zero-order chi connectivity index (χ0) is 14.7. The molecule has 0 aliphatic carbocycles. The van der Waals surface area contributed by atoms with Gasteiger partial charge in [0.2, 0.25) is 0 Å². The fourth-order valence-electron chi connectivity index (χ4n) is 2.44. The molecule has 0 atom stereocenters. The number of aromatic nitrogens is 1. The minimum atomic E-state index is 0.834. The highest BCUT2D eigenvalue weighted by Gasteiger charge is 2.07. The average molecular weight is 311 g/mol. The number of thiazole rings is 1. The van der Waals surface area contributed by atoms with Crippen LogP contribution in [0.4, 0.5) is 0 Å². The molecule has 0 fully saturated rings. The van der Waals surface area contributed by atoms with Crippen LogP contribution in [0.25, 0.3) is 11.3 Å².